The highest BCUT2D eigenvalue weighted by Crippen LogP contribution is 2.14. The molecule has 213 valence electrons. The van der Waals surface area contributed by atoms with Crippen LogP contribution < -0.4 is 0 Å². The highest BCUT2D eigenvalue weighted by molar-refractivity contribution is 4.94. The van der Waals surface area contributed by atoms with Crippen LogP contribution in [0.2, 0.25) is 0 Å². The van der Waals surface area contributed by atoms with Crippen LogP contribution in [-0.4, -0.2) is 0 Å². The summed E-state index contributed by atoms with van der Waals surface area (Å²) in [6, 6.07) is 0. The van der Waals surface area contributed by atoms with E-state index in [1.807, 2.05) is 0 Å². The Hall–Kier alpha value is -0.520. The summed E-state index contributed by atoms with van der Waals surface area (Å²) in [6.07, 6.45) is 52.9. The van der Waals surface area contributed by atoms with Crippen LogP contribution >= 0.6 is 0 Å². The van der Waals surface area contributed by atoms with E-state index < -0.39 is 0 Å². The molecule has 0 saturated heterocycles. The van der Waals surface area contributed by atoms with E-state index >= 15 is 0 Å². The van der Waals surface area contributed by atoms with Gasteiger partial charge in [-0.1, -0.05) is 179 Å². The minimum atomic E-state index is 1.28. The first-order chi connectivity index (χ1) is 17.9. The fourth-order valence-corrected chi connectivity index (χ4v) is 5.08. The van der Waals surface area contributed by atoms with Crippen molar-refractivity contribution >= 4 is 0 Å². The Morgan fingerprint density at radius 1 is 0.278 bits per heavy atom. The predicted octanol–water partition coefficient (Wildman–Crippen LogP) is 13.7. The average molecular weight is 502 g/mol. The second-order valence-corrected chi connectivity index (χ2v) is 11.4. The highest BCUT2D eigenvalue weighted by atomic mass is 14.0. The van der Waals surface area contributed by atoms with E-state index in [1.165, 1.54) is 186 Å². The zero-order chi connectivity index (χ0) is 26.0. The van der Waals surface area contributed by atoms with E-state index in [0.717, 1.165) is 0 Å². The number of hydrogen-bond donors (Lipinski definition) is 0. The van der Waals surface area contributed by atoms with Gasteiger partial charge in [-0.05, 0) is 51.4 Å². The first-order valence-electron chi connectivity index (χ1n) is 17.0. The molecular weight excluding hydrogens is 432 g/mol. The van der Waals surface area contributed by atoms with Crippen molar-refractivity contribution in [2.75, 3.05) is 0 Å². The molecule has 0 N–H and O–H groups in total. The van der Waals surface area contributed by atoms with Crippen LogP contribution in [0.1, 0.15) is 200 Å². The third kappa shape index (κ3) is 33.5. The zero-order valence-corrected chi connectivity index (χ0v) is 25.4. The molecule has 0 fully saturated rings. The molecule has 1 radical (unpaired) electrons. The first kappa shape index (κ1) is 35.5. The van der Waals surface area contributed by atoms with Gasteiger partial charge in [0.25, 0.3) is 0 Å². The maximum atomic E-state index is 2.43. The van der Waals surface area contributed by atoms with Crippen molar-refractivity contribution in [3.8, 4) is 0 Å². The van der Waals surface area contributed by atoms with E-state index in [-0.39, 0.29) is 0 Å². The van der Waals surface area contributed by atoms with Gasteiger partial charge in [-0.15, -0.1) is 0 Å². The fourth-order valence-electron chi connectivity index (χ4n) is 5.08. The molecule has 0 saturated carbocycles. The third-order valence-corrected chi connectivity index (χ3v) is 7.63. The molecule has 0 aromatic rings. The standard InChI is InChI=1S/C36H69/c1-3-5-7-9-11-13-15-17-19-21-23-25-27-29-31-33-35-36-34-32-30-28-26-24-22-20-18-16-14-12-10-8-6-4-2/h13,15,34-36H,3-12,14,16-33H2,1-2H3/b15-13+,36-34?. The summed E-state index contributed by atoms with van der Waals surface area (Å²) >= 11 is 0. The molecule has 0 bridgehead atoms. The quantitative estimate of drug-likeness (QED) is 0.0654. The molecule has 0 atom stereocenters. The van der Waals surface area contributed by atoms with E-state index in [0.29, 0.717) is 0 Å². The van der Waals surface area contributed by atoms with Crippen LogP contribution in [0.5, 0.6) is 0 Å². The molecule has 0 aliphatic rings. The highest BCUT2D eigenvalue weighted by Gasteiger charge is 1.95. The van der Waals surface area contributed by atoms with Crippen molar-refractivity contribution in [3.63, 3.8) is 0 Å². The van der Waals surface area contributed by atoms with Gasteiger partial charge < -0.3 is 0 Å². The summed E-state index contributed by atoms with van der Waals surface area (Å²) in [5, 5.41) is 0. The second-order valence-electron chi connectivity index (χ2n) is 11.4. The van der Waals surface area contributed by atoms with Crippen molar-refractivity contribution in [2.24, 2.45) is 0 Å². The van der Waals surface area contributed by atoms with Crippen molar-refractivity contribution in [2.45, 2.75) is 200 Å². The Kier molecular flexibility index (Phi) is 34.0. The lowest BCUT2D eigenvalue weighted by molar-refractivity contribution is 0.536. The summed E-state index contributed by atoms with van der Waals surface area (Å²) < 4.78 is 0. The van der Waals surface area contributed by atoms with Crippen molar-refractivity contribution in [1.29, 1.82) is 0 Å². The Labute approximate surface area is 230 Å². The smallest absolute Gasteiger partial charge is 0.0171 e. The minimum absolute atomic E-state index is 1.28. The maximum Gasteiger partial charge on any atom is -0.0171 e. The summed E-state index contributed by atoms with van der Waals surface area (Å²) in [7, 11) is 0. The molecule has 0 unspecified atom stereocenters. The Morgan fingerprint density at radius 3 is 0.944 bits per heavy atom. The Morgan fingerprint density at radius 2 is 0.556 bits per heavy atom. The van der Waals surface area contributed by atoms with E-state index in [2.05, 4.69) is 44.6 Å². The molecule has 0 aromatic carbocycles. The van der Waals surface area contributed by atoms with Gasteiger partial charge >= 0.3 is 0 Å². The SMILES string of the molecule is CCCCCC/C=C/CCCCCCCCC[CH]C=CCCCCCCCCCCCCCCCC. The summed E-state index contributed by atoms with van der Waals surface area (Å²) in [6.45, 7) is 4.59. The van der Waals surface area contributed by atoms with Gasteiger partial charge in [-0.25, -0.2) is 0 Å². The van der Waals surface area contributed by atoms with Crippen molar-refractivity contribution in [1.82, 2.24) is 0 Å². The van der Waals surface area contributed by atoms with Gasteiger partial charge in [0.1, 0.15) is 0 Å². The summed E-state index contributed by atoms with van der Waals surface area (Å²) in [5.74, 6) is 0. The van der Waals surface area contributed by atoms with Gasteiger partial charge in [0, 0.05) is 0 Å². The van der Waals surface area contributed by atoms with Crippen LogP contribution in [0, 0.1) is 6.42 Å². The summed E-state index contributed by atoms with van der Waals surface area (Å²) in [5.41, 5.74) is 0. The molecule has 0 amide bonds. The molecule has 0 heteroatoms. The van der Waals surface area contributed by atoms with E-state index in [1.54, 1.807) is 0 Å². The van der Waals surface area contributed by atoms with Crippen molar-refractivity contribution < 1.29 is 0 Å². The molecule has 0 nitrogen and oxygen atoms in total. The van der Waals surface area contributed by atoms with Crippen LogP contribution in [0.3, 0.4) is 0 Å². The van der Waals surface area contributed by atoms with Crippen LogP contribution in [0.4, 0.5) is 0 Å². The third-order valence-electron chi connectivity index (χ3n) is 7.63. The van der Waals surface area contributed by atoms with Gasteiger partial charge in [-0.3, -0.25) is 0 Å². The monoisotopic (exact) mass is 502 g/mol. The van der Waals surface area contributed by atoms with Gasteiger partial charge in [-0.2, -0.15) is 0 Å². The van der Waals surface area contributed by atoms with Crippen LogP contribution in [-0.2, 0) is 0 Å². The molecule has 0 aliphatic carbocycles. The first-order valence-corrected chi connectivity index (χ1v) is 17.0. The van der Waals surface area contributed by atoms with Gasteiger partial charge in [0.05, 0.1) is 0 Å². The van der Waals surface area contributed by atoms with Gasteiger partial charge in [0.2, 0.25) is 0 Å². The zero-order valence-electron chi connectivity index (χ0n) is 25.4. The second kappa shape index (κ2) is 34.5. The lowest BCUT2D eigenvalue weighted by atomic mass is 10.0. The van der Waals surface area contributed by atoms with Crippen molar-refractivity contribution in [3.05, 3.63) is 30.7 Å². The molecule has 0 rings (SSSR count). The van der Waals surface area contributed by atoms with E-state index in [9.17, 15) is 0 Å². The van der Waals surface area contributed by atoms with Crippen LogP contribution in [0.25, 0.3) is 0 Å². The number of unbranched alkanes of at least 4 members (excludes halogenated alkanes) is 27. The molecular formula is C36H69. The average Bonchev–Trinajstić information content (AvgIpc) is 2.89. The van der Waals surface area contributed by atoms with Gasteiger partial charge in [0.15, 0.2) is 0 Å². The molecule has 0 aromatic heterocycles. The number of allylic oxidation sites excluding steroid dienone is 4. The number of rotatable bonds is 31. The minimum Gasteiger partial charge on any atom is -0.0885 e. The van der Waals surface area contributed by atoms with E-state index in [4.69, 9.17) is 0 Å². The topological polar surface area (TPSA) is 0 Å². The summed E-state index contributed by atoms with van der Waals surface area (Å²) in [4.78, 5) is 0. The molecule has 36 heavy (non-hydrogen) atoms. The normalized spacial score (nSPS) is 11.9. The van der Waals surface area contributed by atoms with Crippen LogP contribution in [0.15, 0.2) is 24.3 Å². The lowest BCUT2D eigenvalue weighted by Gasteiger charge is -2.03. The lowest BCUT2D eigenvalue weighted by Crippen LogP contribution is -1.83. The maximum absolute atomic E-state index is 2.43. The molecule has 0 heterocycles. The molecule has 0 spiro atoms. The predicted molar refractivity (Wildman–Crippen MR) is 168 cm³/mol. The Balaban J connectivity index is 3.11. The Bertz CT molecular complexity index is 418. The molecule has 0 aliphatic heterocycles. The largest absolute Gasteiger partial charge is 0.0885 e. The fraction of sp³-hybridized carbons (Fsp3) is 0.861. The number of hydrogen-bond acceptors (Lipinski definition) is 0.